The van der Waals surface area contributed by atoms with Crippen molar-refractivity contribution in [3.8, 4) is 0 Å². The van der Waals surface area contributed by atoms with Gasteiger partial charge in [0.1, 0.15) is 5.25 Å². The quantitative estimate of drug-likeness (QED) is 0.634. The van der Waals surface area contributed by atoms with E-state index in [4.69, 9.17) is 34.8 Å². The summed E-state index contributed by atoms with van der Waals surface area (Å²) in [4.78, 5) is 31.1. The Morgan fingerprint density at radius 2 is 1.75 bits per heavy atom. The normalized spacial score (nSPS) is 18.0. The molecule has 0 saturated carbocycles. The summed E-state index contributed by atoms with van der Waals surface area (Å²) >= 11 is 19.1. The molecule has 1 saturated heterocycles. The topological polar surface area (TPSA) is 61.8 Å². The first kappa shape index (κ1) is 21.0. The molecule has 0 aliphatic carbocycles. The van der Waals surface area contributed by atoms with Gasteiger partial charge in [0.25, 0.3) is 0 Å². The zero-order chi connectivity index (χ0) is 20.3. The maximum absolute atomic E-state index is 12.7. The van der Waals surface area contributed by atoms with Crippen LogP contribution in [-0.2, 0) is 9.59 Å². The Hall–Kier alpha value is -1.73. The average Bonchev–Trinajstić information content (AvgIpc) is 2.90. The van der Waals surface area contributed by atoms with Gasteiger partial charge < -0.3 is 5.32 Å². The number of nitrogens with zero attached hydrogens (tertiary/aromatic N) is 2. The van der Waals surface area contributed by atoms with E-state index in [2.05, 4.69) is 10.3 Å². The molecule has 1 N–H and O–H groups in total. The Bertz CT molecular complexity index is 914. The second-order valence-corrected chi connectivity index (χ2v) is 8.45. The molecule has 146 valence electrons. The fourth-order valence-corrected chi connectivity index (χ4v) is 4.51. The van der Waals surface area contributed by atoms with Gasteiger partial charge in [0.15, 0.2) is 5.17 Å². The molecule has 1 heterocycles. The lowest BCUT2D eigenvalue weighted by atomic mass is 10.2. The molecule has 9 heteroatoms. The summed E-state index contributed by atoms with van der Waals surface area (Å²) < 4.78 is 0. The Morgan fingerprint density at radius 1 is 1.11 bits per heavy atom. The lowest BCUT2D eigenvalue weighted by molar-refractivity contribution is -0.128. The van der Waals surface area contributed by atoms with E-state index >= 15 is 0 Å². The van der Waals surface area contributed by atoms with Crippen molar-refractivity contribution in [3.05, 3.63) is 57.5 Å². The van der Waals surface area contributed by atoms with E-state index in [1.165, 1.54) is 11.8 Å². The van der Waals surface area contributed by atoms with Crippen LogP contribution in [-0.4, -0.2) is 33.7 Å². The van der Waals surface area contributed by atoms with Gasteiger partial charge in [-0.2, -0.15) is 0 Å². The van der Waals surface area contributed by atoms with E-state index in [-0.39, 0.29) is 18.2 Å². The van der Waals surface area contributed by atoms with Crippen molar-refractivity contribution in [2.45, 2.75) is 18.6 Å². The van der Waals surface area contributed by atoms with E-state index in [1.807, 2.05) is 6.92 Å². The molecule has 0 bridgehead atoms. The van der Waals surface area contributed by atoms with E-state index in [9.17, 15) is 9.59 Å². The minimum atomic E-state index is -0.541. The van der Waals surface area contributed by atoms with Crippen LogP contribution in [0.5, 0.6) is 0 Å². The van der Waals surface area contributed by atoms with Crippen LogP contribution in [0.3, 0.4) is 0 Å². The predicted molar refractivity (Wildman–Crippen MR) is 117 cm³/mol. The highest BCUT2D eigenvalue weighted by Gasteiger charge is 2.38. The zero-order valence-corrected chi connectivity index (χ0v) is 17.9. The summed E-state index contributed by atoms with van der Waals surface area (Å²) in [6.45, 7) is 2.31. The second-order valence-electron chi connectivity index (χ2n) is 5.97. The highest BCUT2D eigenvalue weighted by Crippen LogP contribution is 2.33. The molecule has 1 aliphatic heterocycles. The van der Waals surface area contributed by atoms with Gasteiger partial charge >= 0.3 is 0 Å². The van der Waals surface area contributed by atoms with Crippen LogP contribution >= 0.6 is 46.6 Å². The van der Waals surface area contributed by atoms with Crippen LogP contribution in [0, 0.1) is 0 Å². The molecule has 1 aliphatic rings. The number of amides is 2. The number of carbonyl (C=O) groups is 2. The first-order valence-corrected chi connectivity index (χ1v) is 10.5. The number of benzene rings is 2. The zero-order valence-electron chi connectivity index (χ0n) is 14.8. The van der Waals surface area contributed by atoms with Gasteiger partial charge in [-0.05, 0) is 49.4 Å². The summed E-state index contributed by atoms with van der Waals surface area (Å²) in [7, 11) is 0. The average molecular weight is 457 g/mol. The minimum Gasteiger partial charge on any atom is -0.326 e. The van der Waals surface area contributed by atoms with Crippen molar-refractivity contribution < 1.29 is 9.59 Å². The molecule has 0 aromatic heterocycles. The first-order chi connectivity index (χ1) is 13.4. The van der Waals surface area contributed by atoms with Crippen LogP contribution < -0.4 is 5.32 Å². The number of thioether (sulfide) groups is 1. The molecule has 3 rings (SSSR count). The summed E-state index contributed by atoms with van der Waals surface area (Å²) in [6, 6.07) is 11.7. The Balaban J connectivity index is 1.72. The van der Waals surface area contributed by atoms with Gasteiger partial charge in [-0.15, -0.1) is 0 Å². The van der Waals surface area contributed by atoms with E-state index in [1.54, 1.807) is 47.4 Å². The highest BCUT2D eigenvalue weighted by atomic mass is 35.5. The van der Waals surface area contributed by atoms with Crippen molar-refractivity contribution in [3.63, 3.8) is 0 Å². The van der Waals surface area contributed by atoms with E-state index in [0.29, 0.717) is 38.2 Å². The van der Waals surface area contributed by atoms with Crippen molar-refractivity contribution >= 4 is 74.9 Å². The Kier molecular flexibility index (Phi) is 6.88. The molecule has 2 amide bonds. The number of hydrogen-bond acceptors (Lipinski definition) is 4. The lowest BCUT2D eigenvalue weighted by Gasteiger charge is -2.13. The SMILES string of the molecule is CCN1C(=O)C(CC(=O)Nc2ccc(Cl)cc2)SC1=Nc1cc(Cl)cc(Cl)c1. The van der Waals surface area contributed by atoms with Gasteiger partial charge in [0.2, 0.25) is 11.8 Å². The van der Waals surface area contributed by atoms with Crippen molar-refractivity contribution in [1.82, 2.24) is 4.90 Å². The number of halogens is 3. The predicted octanol–water partition coefficient (Wildman–Crippen LogP) is 5.63. The summed E-state index contributed by atoms with van der Waals surface area (Å²) in [5, 5.41) is 4.26. The van der Waals surface area contributed by atoms with Crippen LogP contribution in [0.4, 0.5) is 11.4 Å². The molecular formula is C19H16Cl3N3O2S. The standard InChI is InChI=1S/C19H16Cl3N3O2S/c1-2-25-18(27)16(10-17(26)23-14-5-3-11(20)4-6-14)28-19(25)24-15-8-12(21)7-13(22)9-15/h3-9,16H,2,10H2,1H3,(H,23,26). The van der Waals surface area contributed by atoms with Gasteiger partial charge in [-0.3, -0.25) is 14.5 Å². The molecule has 0 radical (unpaired) electrons. The van der Waals surface area contributed by atoms with Gasteiger partial charge in [-0.1, -0.05) is 46.6 Å². The fraction of sp³-hybridized carbons (Fsp3) is 0.211. The molecule has 2 aromatic carbocycles. The molecule has 1 atom stereocenters. The number of rotatable bonds is 5. The summed E-state index contributed by atoms with van der Waals surface area (Å²) in [5.41, 5.74) is 1.18. The van der Waals surface area contributed by atoms with E-state index in [0.717, 1.165) is 0 Å². The summed E-state index contributed by atoms with van der Waals surface area (Å²) in [6.07, 6.45) is 0.0396. The number of anilines is 1. The fourth-order valence-electron chi connectivity index (χ4n) is 2.64. The van der Waals surface area contributed by atoms with Gasteiger partial charge in [0, 0.05) is 33.7 Å². The van der Waals surface area contributed by atoms with Crippen LogP contribution in [0.25, 0.3) is 0 Å². The van der Waals surface area contributed by atoms with Gasteiger partial charge in [-0.25, -0.2) is 4.99 Å². The van der Waals surface area contributed by atoms with Crippen molar-refractivity contribution in [2.75, 3.05) is 11.9 Å². The molecule has 1 unspecified atom stereocenters. The molecule has 5 nitrogen and oxygen atoms in total. The monoisotopic (exact) mass is 455 g/mol. The maximum atomic E-state index is 12.7. The van der Waals surface area contributed by atoms with Crippen LogP contribution in [0.15, 0.2) is 47.5 Å². The van der Waals surface area contributed by atoms with E-state index < -0.39 is 5.25 Å². The Labute approximate surface area is 182 Å². The number of amidine groups is 1. The third-order valence-corrected chi connectivity index (χ3v) is 5.77. The number of carbonyl (C=O) groups excluding carboxylic acids is 2. The number of aliphatic imine (C=N–C) groups is 1. The minimum absolute atomic E-state index is 0.0396. The highest BCUT2D eigenvalue weighted by molar-refractivity contribution is 8.15. The molecule has 1 fully saturated rings. The van der Waals surface area contributed by atoms with Crippen molar-refractivity contribution in [2.24, 2.45) is 4.99 Å². The smallest absolute Gasteiger partial charge is 0.242 e. The third-order valence-electron chi connectivity index (χ3n) is 3.91. The van der Waals surface area contributed by atoms with Crippen LogP contribution in [0.1, 0.15) is 13.3 Å². The molecule has 0 spiro atoms. The third kappa shape index (κ3) is 5.20. The van der Waals surface area contributed by atoms with Crippen molar-refractivity contribution in [1.29, 1.82) is 0 Å². The maximum Gasteiger partial charge on any atom is 0.242 e. The molecular weight excluding hydrogens is 441 g/mol. The second kappa shape index (κ2) is 9.18. The largest absolute Gasteiger partial charge is 0.326 e. The van der Waals surface area contributed by atoms with Gasteiger partial charge in [0.05, 0.1) is 5.69 Å². The summed E-state index contributed by atoms with van der Waals surface area (Å²) in [5.74, 6) is -0.401. The first-order valence-electron chi connectivity index (χ1n) is 8.44. The lowest BCUT2D eigenvalue weighted by Crippen LogP contribution is -2.33. The van der Waals surface area contributed by atoms with Crippen LogP contribution in [0.2, 0.25) is 15.1 Å². The number of nitrogens with one attached hydrogen (secondary N) is 1. The Morgan fingerprint density at radius 3 is 2.36 bits per heavy atom. The molecule has 2 aromatic rings. The number of hydrogen-bond donors (Lipinski definition) is 1. The molecule has 28 heavy (non-hydrogen) atoms.